The molecule has 1 aromatic carbocycles. The van der Waals surface area contributed by atoms with Gasteiger partial charge in [-0.15, -0.1) is 11.3 Å². The standard InChI is InChI=1S/C15H12ClN3O3S2/c16-10-3-1-2-9(6-10)8-19-13(21)11(24-15(19)22)7-12(20)18-14-17-4-5-23-14/h1-6,11H,7-8H2,(H,17,18,20)/t11-/m1/s1. The first-order chi connectivity index (χ1) is 11.5. The number of rotatable bonds is 5. The Hall–Kier alpha value is -1.90. The van der Waals surface area contributed by atoms with Crippen LogP contribution in [-0.2, 0) is 16.1 Å². The lowest BCUT2D eigenvalue weighted by Gasteiger charge is -2.14. The van der Waals surface area contributed by atoms with Crippen LogP contribution in [0.3, 0.4) is 0 Å². The van der Waals surface area contributed by atoms with E-state index in [0.717, 1.165) is 22.2 Å². The van der Waals surface area contributed by atoms with Crippen LogP contribution in [0.2, 0.25) is 5.02 Å². The maximum atomic E-state index is 12.4. The van der Waals surface area contributed by atoms with E-state index in [0.29, 0.717) is 10.2 Å². The number of halogens is 1. The molecule has 0 bridgehead atoms. The van der Waals surface area contributed by atoms with Crippen molar-refractivity contribution in [2.75, 3.05) is 5.32 Å². The van der Waals surface area contributed by atoms with Crippen LogP contribution in [0.25, 0.3) is 0 Å². The fourth-order valence-electron chi connectivity index (χ4n) is 2.21. The van der Waals surface area contributed by atoms with Gasteiger partial charge in [-0.2, -0.15) is 0 Å². The second kappa shape index (κ2) is 7.33. The van der Waals surface area contributed by atoms with Crippen molar-refractivity contribution in [2.45, 2.75) is 18.2 Å². The van der Waals surface area contributed by atoms with Crippen molar-refractivity contribution >= 4 is 56.9 Å². The van der Waals surface area contributed by atoms with Crippen molar-refractivity contribution in [1.29, 1.82) is 0 Å². The summed E-state index contributed by atoms with van der Waals surface area (Å²) in [7, 11) is 0. The molecule has 0 saturated carbocycles. The number of hydrogen-bond donors (Lipinski definition) is 1. The van der Waals surface area contributed by atoms with Crippen LogP contribution < -0.4 is 5.32 Å². The molecule has 1 N–H and O–H groups in total. The highest BCUT2D eigenvalue weighted by Gasteiger charge is 2.40. The summed E-state index contributed by atoms with van der Waals surface area (Å²) in [4.78, 5) is 41.5. The van der Waals surface area contributed by atoms with E-state index in [-0.39, 0.29) is 30.0 Å². The Morgan fingerprint density at radius 3 is 2.92 bits per heavy atom. The van der Waals surface area contributed by atoms with Gasteiger partial charge in [0, 0.05) is 23.0 Å². The summed E-state index contributed by atoms with van der Waals surface area (Å²) in [6, 6.07) is 6.98. The maximum absolute atomic E-state index is 12.4. The van der Waals surface area contributed by atoms with E-state index < -0.39 is 5.25 Å². The van der Waals surface area contributed by atoms with E-state index in [1.807, 2.05) is 0 Å². The summed E-state index contributed by atoms with van der Waals surface area (Å²) in [5.41, 5.74) is 0.762. The van der Waals surface area contributed by atoms with Gasteiger partial charge in [-0.25, -0.2) is 4.98 Å². The molecule has 0 spiro atoms. The second-order valence-electron chi connectivity index (χ2n) is 5.02. The van der Waals surface area contributed by atoms with Gasteiger partial charge in [0.05, 0.1) is 6.54 Å². The van der Waals surface area contributed by atoms with Crippen molar-refractivity contribution in [3.05, 3.63) is 46.4 Å². The van der Waals surface area contributed by atoms with Crippen LogP contribution in [0.15, 0.2) is 35.8 Å². The topological polar surface area (TPSA) is 79.4 Å². The molecule has 1 fully saturated rings. The van der Waals surface area contributed by atoms with Gasteiger partial charge >= 0.3 is 0 Å². The van der Waals surface area contributed by atoms with Crippen molar-refractivity contribution in [3.63, 3.8) is 0 Å². The summed E-state index contributed by atoms with van der Waals surface area (Å²) >= 11 is 8.08. The highest BCUT2D eigenvalue weighted by molar-refractivity contribution is 8.15. The molecule has 1 aliphatic rings. The van der Waals surface area contributed by atoms with Crippen LogP contribution in [0.1, 0.15) is 12.0 Å². The zero-order valence-corrected chi connectivity index (χ0v) is 14.7. The highest BCUT2D eigenvalue weighted by atomic mass is 35.5. The molecule has 0 radical (unpaired) electrons. The third-order valence-corrected chi connectivity index (χ3v) is 5.28. The zero-order chi connectivity index (χ0) is 17.1. The van der Waals surface area contributed by atoms with Crippen LogP contribution >= 0.6 is 34.7 Å². The summed E-state index contributed by atoms with van der Waals surface area (Å²) in [6.45, 7) is 0.149. The summed E-state index contributed by atoms with van der Waals surface area (Å²) < 4.78 is 0. The number of thioether (sulfide) groups is 1. The van der Waals surface area contributed by atoms with Gasteiger partial charge in [0.2, 0.25) is 11.8 Å². The normalized spacial score (nSPS) is 17.4. The van der Waals surface area contributed by atoms with Crippen LogP contribution in [-0.4, -0.2) is 32.2 Å². The minimum atomic E-state index is -0.711. The Morgan fingerprint density at radius 2 is 2.21 bits per heavy atom. The van der Waals surface area contributed by atoms with E-state index in [1.54, 1.807) is 35.8 Å². The molecule has 1 aromatic heterocycles. The summed E-state index contributed by atoms with van der Waals surface area (Å²) in [5, 5.41) is 4.29. The molecule has 9 heteroatoms. The Labute approximate surface area is 151 Å². The molecule has 3 amide bonds. The van der Waals surface area contributed by atoms with Gasteiger partial charge in [0.15, 0.2) is 5.13 Å². The number of nitrogens with zero attached hydrogens (tertiary/aromatic N) is 2. The van der Waals surface area contributed by atoms with E-state index in [2.05, 4.69) is 10.3 Å². The smallest absolute Gasteiger partial charge is 0.289 e. The summed E-state index contributed by atoms with van der Waals surface area (Å²) in [6.07, 6.45) is 1.51. The molecule has 2 heterocycles. The number of amides is 3. The number of aromatic nitrogens is 1. The number of thiazole rings is 1. The quantitative estimate of drug-likeness (QED) is 0.858. The first-order valence-corrected chi connectivity index (χ1v) is 9.12. The van der Waals surface area contributed by atoms with Crippen LogP contribution in [0, 0.1) is 0 Å². The third kappa shape index (κ3) is 3.95. The average Bonchev–Trinajstić information content (AvgIpc) is 3.12. The number of carbonyl (C=O) groups is 3. The van der Waals surface area contributed by atoms with Crippen LogP contribution in [0.4, 0.5) is 9.93 Å². The Bertz CT molecular complexity index is 782. The van der Waals surface area contributed by atoms with E-state index in [1.165, 1.54) is 11.3 Å². The van der Waals surface area contributed by atoms with E-state index in [4.69, 9.17) is 11.6 Å². The molecule has 1 aliphatic heterocycles. The van der Waals surface area contributed by atoms with Gasteiger partial charge in [0.1, 0.15) is 5.25 Å². The zero-order valence-electron chi connectivity index (χ0n) is 12.3. The molecule has 1 atom stereocenters. The first kappa shape index (κ1) is 16.9. The highest BCUT2D eigenvalue weighted by Crippen LogP contribution is 2.31. The van der Waals surface area contributed by atoms with E-state index in [9.17, 15) is 14.4 Å². The predicted molar refractivity (Wildman–Crippen MR) is 94.1 cm³/mol. The van der Waals surface area contributed by atoms with Crippen molar-refractivity contribution in [1.82, 2.24) is 9.88 Å². The van der Waals surface area contributed by atoms with Crippen molar-refractivity contribution < 1.29 is 14.4 Å². The Balaban J connectivity index is 1.62. The number of carbonyl (C=O) groups excluding carboxylic acids is 3. The van der Waals surface area contributed by atoms with Crippen molar-refractivity contribution in [2.24, 2.45) is 0 Å². The van der Waals surface area contributed by atoms with Gasteiger partial charge in [0.25, 0.3) is 5.24 Å². The largest absolute Gasteiger partial charge is 0.302 e. The fraction of sp³-hybridized carbons (Fsp3) is 0.200. The van der Waals surface area contributed by atoms with Crippen LogP contribution in [0.5, 0.6) is 0 Å². The lowest BCUT2D eigenvalue weighted by atomic mass is 10.2. The molecule has 1 saturated heterocycles. The molecular formula is C15H12ClN3O3S2. The molecule has 6 nitrogen and oxygen atoms in total. The fourth-order valence-corrected chi connectivity index (χ4v) is 3.96. The minimum Gasteiger partial charge on any atom is -0.302 e. The predicted octanol–water partition coefficient (Wildman–Crippen LogP) is 3.39. The van der Waals surface area contributed by atoms with Gasteiger partial charge < -0.3 is 5.32 Å². The molecule has 0 aliphatic carbocycles. The second-order valence-corrected chi connectivity index (χ2v) is 7.50. The monoisotopic (exact) mass is 381 g/mol. The van der Waals surface area contributed by atoms with Gasteiger partial charge in [-0.05, 0) is 17.7 Å². The number of anilines is 1. The molecule has 2 aromatic rings. The van der Waals surface area contributed by atoms with Gasteiger partial charge in [-0.1, -0.05) is 35.5 Å². The molecule has 124 valence electrons. The lowest BCUT2D eigenvalue weighted by Crippen LogP contribution is -2.32. The average molecular weight is 382 g/mol. The summed E-state index contributed by atoms with van der Waals surface area (Å²) in [5.74, 6) is -0.701. The Kier molecular flexibility index (Phi) is 5.17. The molecular weight excluding hydrogens is 370 g/mol. The minimum absolute atomic E-state index is 0.0686. The molecule has 24 heavy (non-hydrogen) atoms. The number of benzene rings is 1. The number of imide groups is 1. The maximum Gasteiger partial charge on any atom is 0.289 e. The molecule has 3 rings (SSSR count). The first-order valence-electron chi connectivity index (χ1n) is 6.98. The van der Waals surface area contributed by atoms with Gasteiger partial charge in [-0.3, -0.25) is 19.3 Å². The van der Waals surface area contributed by atoms with E-state index >= 15 is 0 Å². The SMILES string of the molecule is O=C(C[C@H]1SC(=O)N(Cc2cccc(Cl)c2)C1=O)Nc1nccs1. The lowest BCUT2D eigenvalue weighted by molar-refractivity contribution is -0.129. The van der Waals surface area contributed by atoms with Crippen molar-refractivity contribution in [3.8, 4) is 0 Å². The number of hydrogen-bond acceptors (Lipinski definition) is 6. The Morgan fingerprint density at radius 1 is 1.38 bits per heavy atom. The third-order valence-electron chi connectivity index (χ3n) is 3.28. The molecule has 0 unspecified atom stereocenters. The number of nitrogens with one attached hydrogen (secondary N) is 1.